The Morgan fingerprint density at radius 2 is 1.82 bits per heavy atom. The lowest BCUT2D eigenvalue weighted by molar-refractivity contribution is -0.134. The van der Waals surface area contributed by atoms with Crippen molar-refractivity contribution in [1.82, 2.24) is 4.90 Å². The molecule has 7 heteroatoms. The molecule has 0 spiro atoms. The van der Waals surface area contributed by atoms with Crippen LogP contribution >= 0.6 is 15.9 Å². The lowest BCUT2D eigenvalue weighted by Gasteiger charge is -2.41. The summed E-state index contributed by atoms with van der Waals surface area (Å²) in [5, 5.41) is 0. The molecule has 0 aromatic heterocycles. The average molecular weight is 517 g/mol. The molecular weight excluding hydrogens is 484 g/mol. The molecule has 2 aliphatic heterocycles. The summed E-state index contributed by atoms with van der Waals surface area (Å²) in [4.78, 5) is 34.2. The maximum absolute atomic E-state index is 13.9. The third-order valence-electron chi connectivity index (χ3n) is 7.05. The maximum atomic E-state index is 13.9. The SMILES string of the molecule is COc1cc([C@H]2C3=C(CC(C)(C)CC3=O)N=C(C)C2C(=O)N2CCCCC2)cc(Br)c1OC. The molecule has 1 aliphatic carbocycles. The van der Waals surface area contributed by atoms with E-state index < -0.39 is 11.8 Å². The van der Waals surface area contributed by atoms with Gasteiger partial charge in [0.2, 0.25) is 5.91 Å². The maximum Gasteiger partial charge on any atom is 0.232 e. The fourth-order valence-corrected chi connectivity index (χ4v) is 6.18. The van der Waals surface area contributed by atoms with Crippen LogP contribution in [0.15, 0.2) is 32.9 Å². The smallest absolute Gasteiger partial charge is 0.232 e. The first-order chi connectivity index (χ1) is 15.7. The summed E-state index contributed by atoms with van der Waals surface area (Å²) in [6.07, 6.45) is 4.36. The Hall–Kier alpha value is -2.15. The number of methoxy groups -OCH3 is 2. The molecular formula is C26H33BrN2O4. The molecule has 1 aromatic carbocycles. The highest BCUT2D eigenvalue weighted by molar-refractivity contribution is 9.10. The van der Waals surface area contributed by atoms with Crippen molar-refractivity contribution < 1.29 is 19.1 Å². The first kappa shape index (κ1) is 24.0. The van der Waals surface area contributed by atoms with Gasteiger partial charge in [0.1, 0.15) is 0 Å². The number of hydrogen-bond acceptors (Lipinski definition) is 5. The van der Waals surface area contributed by atoms with E-state index >= 15 is 0 Å². The van der Waals surface area contributed by atoms with E-state index in [2.05, 4.69) is 29.8 Å². The monoisotopic (exact) mass is 516 g/mol. The summed E-state index contributed by atoms with van der Waals surface area (Å²) in [6.45, 7) is 7.67. The second-order valence-electron chi connectivity index (χ2n) is 10.1. The van der Waals surface area contributed by atoms with Crippen molar-refractivity contribution in [3.63, 3.8) is 0 Å². The predicted octanol–water partition coefficient (Wildman–Crippen LogP) is 5.30. The van der Waals surface area contributed by atoms with E-state index in [1.54, 1.807) is 14.2 Å². The summed E-state index contributed by atoms with van der Waals surface area (Å²) in [7, 11) is 3.19. The number of aliphatic imine (C=N–C) groups is 1. The van der Waals surface area contributed by atoms with Gasteiger partial charge in [-0.25, -0.2) is 0 Å². The molecule has 1 fully saturated rings. The molecule has 6 nitrogen and oxygen atoms in total. The standard InChI is InChI=1S/C26H33BrN2O4/c1-15-21(25(31)29-9-7-6-8-10-29)22(16-11-17(27)24(33-5)20(12-16)32-4)23-18(28-15)13-26(2,3)14-19(23)30/h11-12,21-22H,6-10,13-14H2,1-5H3/t21?,22-/m1/s1. The Kier molecular flexibility index (Phi) is 6.72. The van der Waals surface area contributed by atoms with Gasteiger partial charge in [0, 0.05) is 42.4 Å². The molecule has 1 amide bonds. The fraction of sp³-hybridized carbons (Fsp3) is 0.577. The van der Waals surface area contributed by atoms with Crippen LogP contribution in [0.4, 0.5) is 0 Å². The lowest BCUT2D eigenvalue weighted by Crippen LogP contribution is -2.46. The van der Waals surface area contributed by atoms with Crippen molar-refractivity contribution in [2.75, 3.05) is 27.3 Å². The van der Waals surface area contributed by atoms with Crippen LogP contribution in [0.3, 0.4) is 0 Å². The zero-order chi connectivity index (χ0) is 23.9. The number of benzene rings is 1. The largest absolute Gasteiger partial charge is 0.493 e. The number of Topliss-reactive ketones (excluding diaryl/α,β-unsaturated/α-hetero) is 1. The normalized spacial score (nSPS) is 24.8. The molecule has 33 heavy (non-hydrogen) atoms. The van der Waals surface area contributed by atoms with Gasteiger partial charge in [-0.2, -0.15) is 0 Å². The zero-order valence-electron chi connectivity index (χ0n) is 20.2. The van der Waals surface area contributed by atoms with Crippen LogP contribution in [0, 0.1) is 11.3 Å². The number of likely N-dealkylation sites (tertiary alicyclic amines) is 1. The Morgan fingerprint density at radius 1 is 1.12 bits per heavy atom. The van der Waals surface area contributed by atoms with Gasteiger partial charge in [0.15, 0.2) is 17.3 Å². The van der Waals surface area contributed by atoms with Crippen LogP contribution in [-0.2, 0) is 9.59 Å². The molecule has 3 aliphatic rings. The highest BCUT2D eigenvalue weighted by atomic mass is 79.9. The van der Waals surface area contributed by atoms with E-state index in [-0.39, 0.29) is 17.1 Å². The van der Waals surface area contributed by atoms with Crippen molar-refractivity contribution in [2.24, 2.45) is 16.3 Å². The van der Waals surface area contributed by atoms with Gasteiger partial charge >= 0.3 is 0 Å². The number of amides is 1. The van der Waals surface area contributed by atoms with Crippen LogP contribution in [-0.4, -0.2) is 49.6 Å². The van der Waals surface area contributed by atoms with Crippen molar-refractivity contribution in [1.29, 1.82) is 0 Å². The molecule has 2 atom stereocenters. The number of rotatable bonds is 4. The highest BCUT2D eigenvalue weighted by Gasteiger charge is 2.46. The minimum Gasteiger partial charge on any atom is -0.493 e. The third-order valence-corrected chi connectivity index (χ3v) is 7.64. The number of hydrogen-bond donors (Lipinski definition) is 0. The molecule has 1 unspecified atom stereocenters. The number of carbonyl (C=O) groups is 2. The van der Waals surface area contributed by atoms with E-state index in [9.17, 15) is 9.59 Å². The van der Waals surface area contributed by atoms with E-state index in [1.807, 2.05) is 24.0 Å². The number of nitrogens with zero attached hydrogens (tertiary/aromatic N) is 2. The minimum absolute atomic E-state index is 0.0658. The number of ketones is 1. The van der Waals surface area contributed by atoms with Gasteiger partial charge in [-0.1, -0.05) is 13.8 Å². The Balaban J connectivity index is 1.88. The van der Waals surface area contributed by atoms with Crippen molar-refractivity contribution >= 4 is 33.3 Å². The topological polar surface area (TPSA) is 68.2 Å². The summed E-state index contributed by atoms with van der Waals surface area (Å²) >= 11 is 3.60. The molecule has 1 aromatic rings. The van der Waals surface area contributed by atoms with E-state index in [0.717, 1.165) is 60.2 Å². The van der Waals surface area contributed by atoms with Crippen LogP contribution in [0.25, 0.3) is 0 Å². The van der Waals surface area contributed by atoms with Crippen molar-refractivity contribution in [3.8, 4) is 11.5 Å². The minimum atomic E-state index is -0.503. The second kappa shape index (κ2) is 9.24. The number of piperidine rings is 1. The Morgan fingerprint density at radius 3 is 2.45 bits per heavy atom. The average Bonchev–Trinajstić information content (AvgIpc) is 2.76. The van der Waals surface area contributed by atoms with Crippen LogP contribution < -0.4 is 9.47 Å². The van der Waals surface area contributed by atoms with Gasteiger partial charge in [-0.15, -0.1) is 0 Å². The molecule has 0 saturated carbocycles. The number of allylic oxidation sites excluding steroid dienone is 2. The third kappa shape index (κ3) is 4.48. The van der Waals surface area contributed by atoms with Crippen molar-refractivity contribution in [2.45, 2.75) is 58.8 Å². The molecule has 2 heterocycles. The van der Waals surface area contributed by atoms with Gasteiger partial charge in [0.25, 0.3) is 0 Å². The summed E-state index contributed by atoms with van der Waals surface area (Å²) in [6, 6.07) is 3.86. The zero-order valence-corrected chi connectivity index (χ0v) is 21.8. The predicted molar refractivity (Wildman–Crippen MR) is 132 cm³/mol. The summed E-state index contributed by atoms with van der Waals surface area (Å²) in [5.74, 6) is 0.410. The Bertz CT molecular complexity index is 1040. The fourth-order valence-electron chi connectivity index (χ4n) is 5.55. The van der Waals surface area contributed by atoms with Gasteiger partial charge in [-0.3, -0.25) is 14.6 Å². The number of halogens is 1. The molecule has 0 radical (unpaired) electrons. The van der Waals surface area contributed by atoms with Gasteiger partial charge < -0.3 is 14.4 Å². The summed E-state index contributed by atoms with van der Waals surface area (Å²) < 4.78 is 11.8. The Labute approximate surface area is 204 Å². The molecule has 0 bridgehead atoms. The highest BCUT2D eigenvalue weighted by Crippen LogP contribution is 2.50. The lowest BCUT2D eigenvalue weighted by atomic mass is 9.66. The van der Waals surface area contributed by atoms with Crippen molar-refractivity contribution in [3.05, 3.63) is 33.4 Å². The number of carbonyl (C=O) groups excluding carboxylic acids is 2. The first-order valence-corrected chi connectivity index (χ1v) is 12.5. The molecule has 0 N–H and O–H groups in total. The number of ether oxygens (including phenoxy) is 2. The molecule has 1 saturated heterocycles. The van der Waals surface area contributed by atoms with Crippen LogP contribution in [0.2, 0.25) is 0 Å². The van der Waals surface area contributed by atoms with Gasteiger partial charge in [-0.05, 0) is 71.6 Å². The van der Waals surface area contributed by atoms with Crippen LogP contribution in [0.1, 0.15) is 64.4 Å². The molecule has 178 valence electrons. The first-order valence-electron chi connectivity index (χ1n) is 11.7. The van der Waals surface area contributed by atoms with E-state index in [0.29, 0.717) is 23.5 Å². The molecule has 4 rings (SSSR count). The quantitative estimate of drug-likeness (QED) is 0.544. The van der Waals surface area contributed by atoms with E-state index in [1.165, 1.54) is 0 Å². The second-order valence-corrected chi connectivity index (χ2v) is 11.0. The van der Waals surface area contributed by atoms with E-state index in [4.69, 9.17) is 14.5 Å². The van der Waals surface area contributed by atoms with Crippen LogP contribution in [0.5, 0.6) is 11.5 Å². The van der Waals surface area contributed by atoms with Gasteiger partial charge in [0.05, 0.1) is 24.6 Å². The summed E-state index contributed by atoms with van der Waals surface area (Å²) in [5.41, 5.74) is 3.02.